The van der Waals surface area contributed by atoms with Crippen LogP contribution in [0.1, 0.15) is 20.7 Å². The molecule has 8 rings (SSSR count). The summed E-state index contributed by atoms with van der Waals surface area (Å²) in [6.07, 6.45) is 0. The average Bonchev–Trinajstić information content (AvgIpc) is 3.25. The normalized spacial score (nSPS) is 11.3. The van der Waals surface area contributed by atoms with E-state index in [4.69, 9.17) is 0 Å². The molecule has 55 heavy (non-hydrogen) atoms. The van der Waals surface area contributed by atoms with E-state index in [1.165, 1.54) is 0 Å². The van der Waals surface area contributed by atoms with Crippen LogP contribution in [0.4, 0.5) is 11.4 Å². The van der Waals surface area contributed by atoms with Gasteiger partial charge in [-0.3, -0.25) is 9.59 Å². The molecule has 0 unspecified atom stereocenters. The summed E-state index contributed by atoms with van der Waals surface area (Å²) >= 11 is 0. The van der Waals surface area contributed by atoms with Crippen molar-refractivity contribution in [1.29, 1.82) is 0 Å². The molecular formula is C48H36N2O3P2. The molecule has 7 heteroatoms. The van der Waals surface area contributed by atoms with Crippen molar-refractivity contribution < 1.29 is 14.2 Å². The highest BCUT2D eigenvalue weighted by atomic mass is 31.2. The molecule has 0 atom stereocenters. The number of carbonyl (C=O) groups is 2. The fourth-order valence-corrected chi connectivity index (χ4v) is 12.3. The van der Waals surface area contributed by atoms with Crippen LogP contribution in [-0.2, 0) is 4.57 Å². The predicted octanol–water partition coefficient (Wildman–Crippen LogP) is 8.74. The Morgan fingerprint density at radius 3 is 1.36 bits per heavy atom. The zero-order valence-electron chi connectivity index (χ0n) is 29.7. The number of benzene rings is 8. The number of carbonyl (C=O) groups excluding carboxylic acids is 2. The Hall–Kier alpha value is -6.38. The predicted molar refractivity (Wildman–Crippen MR) is 231 cm³/mol. The lowest BCUT2D eigenvalue weighted by molar-refractivity contribution is 0.102. The summed E-state index contributed by atoms with van der Waals surface area (Å²) in [5, 5.41) is 12.8. The molecule has 0 aliphatic heterocycles. The van der Waals surface area contributed by atoms with Gasteiger partial charge >= 0.3 is 0 Å². The summed E-state index contributed by atoms with van der Waals surface area (Å²) in [6, 6.07) is 65.4. The first-order valence-electron chi connectivity index (χ1n) is 18.0. The Balaban J connectivity index is 1.17. The van der Waals surface area contributed by atoms with E-state index in [9.17, 15) is 9.59 Å². The summed E-state index contributed by atoms with van der Waals surface area (Å²) in [5.41, 5.74) is 1.96. The number of amides is 2. The van der Waals surface area contributed by atoms with Gasteiger partial charge in [0.15, 0.2) is 7.14 Å². The first kappa shape index (κ1) is 35.6. The Morgan fingerprint density at radius 1 is 0.418 bits per heavy atom. The average molecular weight is 751 g/mol. The SMILES string of the molecule is O=C(Nc1cccc2cccc(NC(=O)c3ccccc3P(=O)(c3ccccc3)c3ccccc3)c12)c1ccccc1P(c1ccccc1)c1ccccc1. The molecular weight excluding hydrogens is 714 g/mol. The number of hydrogen-bond donors (Lipinski definition) is 2. The van der Waals surface area contributed by atoms with Crippen molar-refractivity contribution >= 4 is 80.9 Å². The molecule has 0 saturated carbocycles. The van der Waals surface area contributed by atoms with Crippen molar-refractivity contribution in [2.24, 2.45) is 0 Å². The molecule has 8 aromatic carbocycles. The molecule has 266 valence electrons. The third-order valence-electron chi connectivity index (χ3n) is 9.55. The van der Waals surface area contributed by atoms with Gasteiger partial charge in [-0.1, -0.05) is 182 Å². The van der Waals surface area contributed by atoms with Gasteiger partial charge in [0.2, 0.25) is 0 Å². The van der Waals surface area contributed by atoms with Crippen LogP contribution in [0.25, 0.3) is 10.8 Å². The summed E-state index contributed by atoms with van der Waals surface area (Å²) in [7, 11) is -4.50. The van der Waals surface area contributed by atoms with Crippen LogP contribution in [0, 0.1) is 0 Å². The van der Waals surface area contributed by atoms with E-state index in [1.807, 2.05) is 164 Å². The van der Waals surface area contributed by atoms with Gasteiger partial charge in [-0.15, -0.1) is 0 Å². The molecule has 0 aromatic heterocycles. The third kappa shape index (κ3) is 7.16. The lowest BCUT2D eigenvalue weighted by Crippen LogP contribution is -2.30. The van der Waals surface area contributed by atoms with E-state index in [-0.39, 0.29) is 5.91 Å². The fourth-order valence-electron chi connectivity index (χ4n) is 7.01. The number of fused-ring (bicyclic) bond motifs is 1. The van der Waals surface area contributed by atoms with Gasteiger partial charge in [-0.2, -0.15) is 0 Å². The van der Waals surface area contributed by atoms with Crippen LogP contribution in [0.5, 0.6) is 0 Å². The molecule has 0 bridgehead atoms. The first-order chi connectivity index (χ1) is 27.0. The Kier molecular flexibility index (Phi) is 10.3. The van der Waals surface area contributed by atoms with E-state index >= 15 is 4.57 Å². The van der Waals surface area contributed by atoms with Gasteiger partial charge in [0, 0.05) is 26.9 Å². The van der Waals surface area contributed by atoms with Crippen molar-refractivity contribution in [3.63, 3.8) is 0 Å². The lowest BCUT2D eigenvalue weighted by atomic mass is 10.1. The number of hydrogen-bond acceptors (Lipinski definition) is 3. The van der Waals surface area contributed by atoms with E-state index < -0.39 is 21.0 Å². The number of rotatable bonds is 10. The van der Waals surface area contributed by atoms with E-state index in [2.05, 4.69) is 34.9 Å². The Labute approximate surface area is 321 Å². The van der Waals surface area contributed by atoms with Crippen molar-refractivity contribution in [2.75, 3.05) is 10.6 Å². The van der Waals surface area contributed by atoms with Gasteiger partial charge in [0.05, 0.1) is 16.9 Å². The molecule has 2 amide bonds. The highest BCUT2D eigenvalue weighted by molar-refractivity contribution is 7.85. The largest absolute Gasteiger partial charge is 0.321 e. The van der Waals surface area contributed by atoms with Crippen molar-refractivity contribution in [3.8, 4) is 0 Å². The quantitative estimate of drug-likeness (QED) is 0.137. The second-order valence-corrected chi connectivity index (χ2v) is 17.9. The molecule has 0 aliphatic carbocycles. The summed E-state index contributed by atoms with van der Waals surface area (Å²) in [4.78, 5) is 28.8. The fraction of sp³-hybridized carbons (Fsp3) is 0. The molecule has 2 N–H and O–H groups in total. The highest BCUT2D eigenvalue weighted by Crippen LogP contribution is 2.43. The lowest BCUT2D eigenvalue weighted by Gasteiger charge is -2.23. The minimum Gasteiger partial charge on any atom is -0.321 e. The van der Waals surface area contributed by atoms with Gasteiger partial charge in [-0.05, 0) is 53.5 Å². The zero-order valence-corrected chi connectivity index (χ0v) is 31.5. The minimum absolute atomic E-state index is 0.249. The molecule has 0 spiro atoms. The van der Waals surface area contributed by atoms with E-state index in [1.54, 1.807) is 18.2 Å². The van der Waals surface area contributed by atoms with Gasteiger partial charge in [0.25, 0.3) is 11.8 Å². The van der Waals surface area contributed by atoms with Crippen LogP contribution in [0.15, 0.2) is 206 Å². The number of anilines is 2. The zero-order chi connectivity index (χ0) is 37.6. The summed E-state index contributed by atoms with van der Waals surface area (Å²) < 4.78 is 15.3. The van der Waals surface area contributed by atoms with Crippen molar-refractivity contribution in [2.45, 2.75) is 0 Å². The summed E-state index contributed by atoms with van der Waals surface area (Å²) in [5.74, 6) is -0.654. The van der Waals surface area contributed by atoms with E-state index in [0.29, 0.717) is 43.8 Å². The molecule has 8 aromatic rings. The van der Waals surface area contributed by atoms with Crippen LogP contribution in [-0.4, -0.2) is 11.8 Å². The molecule has 0 heterocycles. The number of nitrogens with one attached hydrogen (secondary N) is 2. The maximum Gasteiger partial charge on any atom is 0.256 e. The van der Waals surface area contributed by atoms with Crippen LogP contribution < -0.4 is 42.5 Å². The first-order valence-corrected chi connectivity index (χ1v) is 21.0. The van der Waals surface area contributed by atoms with E-state index in [0.717, 1.165) is 21.3 Å². The molecule has 5 nitrogen and oxygen atoms in total. The maximum atomic E-state index is 15.3. The topological polar surface area (TPSA) is 75.3 Å². The molecule has 0 fully saturated rings. The molecule has 0 radical (unpaired) electrons. The van der Waals surface area contributed by atoms with Gasteiger partial charge in [0.1, 0.15) is 0 Å². The van der Waals surface area contributed by atoms with Gasteiger partial charge < -0.3 is 15.2 Å². The molecule has 0 saturated heterocycles. The monoisotopic (exact) mass is 750 g/mol. The second-order valence-electron chi connectivity index (χ2n) is 12.9. The highest BCUT2D eigenvalue weighted by Gasteiger charge is 2.33. The standard InChI is InChI=1S/C48H36N2O3P2/c51-47(40-29-13-15-33-44(40)54(36-21-5-1-6-22-36)37-23-7-2-8-24-37)49-42-31-17-19-35-20-18-32-43(46(35)42)50-48(52)41-30-14-16-34-45(41)55(53,38-25-9-3-10-26-38)39-27-11-4-12-28-39/h1-34H,(H,49,51)(H,50,52). The van der Waals surface area contributed by atoms with Crippen LogP contribution in [0.2, 0.25) is 0 Å². The van der Waals surface area contributed by atoms with Crippen LogP contribution in [0.3, 0.4) is 0 Å². The Bertz CT molecular complexity index is 2580. The van der Waals surface area contributed by atoms with Gasteiger partial charge in [-0.25, -0.2) is 0 Å². The maximum absolute atomic E-state index is 15.3. The van der Waals surface area contributed by atoms with Crippen LogP contribution >= 0.6 is 15.1 Å². The second kappa shape index (κ2) is 15.9. The smallest absolute Gasteiger partial charge is 0.256 e. The minimum atomic E-state index is -3.46. The van der Waals surface area contributed by atoms with Crippen molar-refractivity contribution in [1.82, 2.24) is 0 Å². The van der Waals surface area contributed by atoms with Crippen molar-refractivity contribution in [3.05, 3.63) is 217 Å². The molecule has 0 aliphatic rings. The Morgan fingerprint density at radius 2 is 0.836 bits per heavy atom. The summed E-state index contributed by atoms with van der Waals surface area (Å²) in [6.45, 7) is 0. The third-order valence-corrected chi connectivity index (χ3v) is 15.2.